The Hall–Kier alpha value is -1.49. The van der Waals surface area contributed by atoms with Crippen LogP contribution in [0.4, 0.5) is 0 Å². The average molecular weight is 378 g/mol. The first-order valence-electron chi connectivity index (χ1n) is 7.21. The molecule has 0 bridgehead atoms. The first-order chi connectivity index (χ1) is 11.0. The lowest BCUT2D eigenvalue weighted by atomic mass is 10.1. The maximum absolute atomic E-state index is 12.3. The van der Waals surface area contributed by atoms with Crippen molar-refractivity contribution in [1.82, 2.24) is 9.44 Å². The third-order valence-corrected chi connectivity index (χ3v) is 5.15. The van der Waals surface area contributed by atoms with E-state index in [0.29, 0.717) is 0 Å². The fraction of sp³-hybridized carbons (Fsp3) is 0.500. The molecule has 0 unspecified atom stereocenters. The summed E-state index contributed by atoms with van der Waals surface area (Å²) >= 11 is 0. The van der Waals surface area contributed by atoms with Gasteiger partial charge >= 0.3 is 5.97 Å². The van der Waals surface area contributed by atoms with E-state index in [2.05, 4.69) is 9.44 Å². The first-order valence-corrected chi connectivity index (χ1v) is 10.6. The lowest BCUT2D eigenvalue weighted by Crippen LogP contribution is -2.45. The molecule has 2 N–H and O–H groups in total. The lowest BCUT2D eigenvalue weighted by molar-refractivity contribution is -0.146. The molecule has 0 aromatic heterocycles. The SMILES string of the molecule is CC(C)[C@@H](NS(=O)(=O)c1ccccc1)C(=O)OCCNS(C)(=O)=O. The summed E-state index contributed by atoms with van der Waals surface area (Å²) in [5, 5.41) is 0. The Morgan fingerprint density at radius 1 is 1.12 bits per heavy atom. The van der Waals surface area contributed by atoms with Crippen molar-refractivity contribution in [1.29, 1.82) is 0 Å². The number of hydrogen-bond acceptors (Lipinski definition) is 6. The van der Waals surface area contributed by atoms with Gasteiger partial charge in [0.05, 0.1) is 11.2 Å². The minimum atomic E-state index is -3.87. The molecule has 1 atom stereocenters. The van der Waals surface area contributed by atoms with Crippen molar-refractivity contribution in [2.75, 3.05) is 19.4 Å². The minimum absolute atomic E-state index is 0.0437. The Bertz CT molecular complexity index is 745. The fourth-order valence-electron chi connectivity index (χ4n) is 1.76. The number of esters is 1. The third kappa shape index (κ3) is 6.95. The molecule has 0 amide bonds. The van der Waals surface area contributed by atoms with Gasteiger partial charge in [-0.05, 0) is 18.1 Å². The summed E-state index contributed by atoms with van der Waals surface area (Å²) in [4.78, 5) is 12.1. The molecule has 0 aliphatic heterocycles. The Morgan fingerprint density at radius 3 is 2.21 bits per heavy atom. The van der Waals surface area contributed by atoms with E-state index in [-0.39, 0.29) is 24.0 Å². The van der Waals surface area contributed by atoms with Crippen LogP contribution in [0.5, 0.6) is 0 Å². The molecule has 10 heteroatoms. The van der Waals surface area contributed by atoms with Crippen LogP contribution in [0.1, 0.15) is 13.8 Å². The largest absolute Gasteiger partial charge is 0.463 e. The molecule has 0 fully saturated rings. The number of ether oxygens (including phenoxy) is 1. The van der Waals surface area contributed by atoms with Gasteiger partial charge in [0.25, 0.3) is 0 Å². The maximum atomic E-state index is 12.3. The summed E-state index contributed by atoms with van der Waals surface area (Å²) in [5.41, 5.74) is 0. The molecule has 0 radical (unpaired) electrons. The van der Waals surface area contributed by atoms with Crippen LogP contribution in [-0.4, -0.2) is 48.3 Å². The molecular formula is C14H22N2O6S2. The summed E-state index contributed by atoms with van der Waals surface area (Å²) in [5.74, 6) is -1.11. The van der Waals surface area contributed by atoms with Crippen LogP contribution in [0.2, 0.25) is 0 Å². The number of nitrogens with one attached hydrogen (secondary N) is 2. The van der Waals surface area contributed by atoms with Crippen LogP contribution < -0.4 is 9.44 Å². The number of carbonyl (C=O) groups is 1. The van der Waals surface area contributed by atoms with Crippen LogP contribution in [0.15, 0.2) is 35.2 Å². The van der Waals surface area contributed by atoms with Crippen LogP contribution in [-0.2, 0) is 29.6 Å². The van der Waals surface area contributed by atoms with Gasteiger partial charge in [0.15, 0.2) is 0 Å². The van der Waals surface area contributed by atoms with E-state index in [4.69, 9.17) is 4.74 Å². The van der Waals surface area contributed by atoms with Crippen molar-refractivity contribution >= 4 is 26.0 Å². The predicted molar refractivity (Wildman–Crippen MR) is 89.2 cm³/mol. The average Bonchev–Trinajstić information content (AvgIpc) is 2.49. The Morgan fingerprint density at radius 2 is 1.71 bits per heavy atom. The quantitative estimate of drug-likeness (QED) is 0.464. The molecule has 0 aliphatic rings. The van der Waals surface area contributed by atoms with Gasteiger partial charge in [-0.15, -0.1) is 0 Å². The van der Waals surface area contributed by atoms with Gasteiger partial charge in [0, 0.05) is 6.54 Å². The van der Waals surface area contributed by atoms with Crippen molar-refractivity contribution in [3.05, 3.63) is 30.3 Å². The Labute approximate surface area is 142 Å². The highest BCUT2D eigenvalue weighted by molar-refractivity contribution is 7.89. The highest BCUT2D eigenvalue weighted by Gasteiger charge is 2.29. The fourth-order valence-corrected chi connectivity index (χ4v) is 3.57. The van der Waals surface area contributed by atoms with Crippen molar-refractivity contribution in [2.45, 2.75) is 24.8 Å². The van der Waals surface area contributed by atoms with E-state index in [0.717, 1.165) is 6.26 Å². The molecule has 8 nitrogen and oxygen atoms in total. The second-order valence-corrected chi connectivity index (χ2v) is 9.04. The molecule has 0 spiro atoms. The summed E-state index contributed by atoms with van der Waals surface area (Å²) in [7, 11) is -7.24. The molecule has 1 aromatic carbocycles. The second kappa shape index (κ2) is 8.56. The summed E-state index contributed by atoms with van der Waals surface area (Å²) < 4.78 is 55.9. The molecule has 136 valence electrons. The van der Waals surface area contributed by atoms with E-state index in [9.17, 15) is 21.6 Å². The molecule has 1 aromatic rings. The maximum Gasteiger partial charge on any atom is 0.324 e. The van der Waals surface area contributed by atoms with Crippen molar-refractivity contribution in [3.63, 3.8) is 0 Å². The Balaban J connectivity index is 2.71. The molecule has 1 rings (SSSR count). The zero-order chi connectivity index (χ0) is 18.4. The zero-order valence-electron chi connectivity index (χ0n) is 13.7. The molecule has 0 saturated carbocycles. The van der Waals surface area contributed by atoms with Gasteiger partial charge in [-0.1, -0.05) is 32.0 Å². The van der Waals surface area contributed by atoms with Crippen LogP contribution in [0.3, 0.4) is 0 Å². The van der Waals surface area contributed by atoms with Crippen LogP contribution in [0.25, 0.3) is 0 Å². The van der Waals surface area contributed by atoms with Crippen molar-refractivity contribution in [2.24, 2.45) is 5.92 Å². The van der Waals surface area contributed by atoms with Crippen LogP contribution >= 0.6 is 0 Å². The van der Waals surface area contributed by atoms with Gasteiger partial charge in [0.1, 0.15) is 12.6 Å². The Kier molecular flexibility index (Phi) is 7.33. The normalized spacial score (nSPS) is 13.7. The van der Waals surface area contributed by atoms with E-state index in [1.54, 1.807) is 32.0 Å². The second-order valence-electron chi connectivity index (χ2n) is 5.49. The molecule has 0 aliphatic carbocycles. The lowest BCUT2D eigenvalue weighted by Gasteiger charge is -2.20. The van der Waals surface area contributed by atoms with E-state index in [1.165, 1.54) is 12.1 Å². The third-order valence-electron chi connectivity index (χ3n) is 2.97. The summed E-state index contributed by atoms with van der Waals surface area (Å²) in [6, 6.07) is 6.60. The number of carbonyl (C=O) groups excluding carboxylic acids is 1. The smallest absolute Gasteiger partial charge is 0.324 e. The van der Waals surface area contributed by atoms with Gasteiger partial charge in [-0.2, -0.15) is 4.72 Å². The predicted octanol–water partition coefficient (Wildman–Crippen LogP) is 0.0819. The van der Waals surface area contributed by atoms with Crippen molar-refractivity contribution < 1.29 is 26.4 Å². The number of rotatable bonds is 9. The first kappa shape index (κ1) is 20.6. The highest BCUT2D eigenvalue weighted by Crippen LogP contribution is 2.12. The zero-order valence-corrected chi connectivity index (χ0v) is 15.4. The van der Waals surface area contributed by atoms with E-state index >= 15 is 0 Å². The van der Waals surface area contributed by atoms with Crippen LogP contribution in [0, 0.1) is 5.92 Å². The van der Waals surface area contributed by atoms with Gasteiger partial charge < -0.3 is 4.74 Å². The number of sulfonamides is 2. The summed E-state index contributed by atoms with van der Waals surface area (Å²) in [6.45, 7) is 3.07. The topological polar surface area (TPSA) is 119 Å². The molecular weight excluding hydrogens is 356 g/mol. The van der Waals surface area contributed by atoms with Gasteiger partial charge in [-0.3, -0.25) is 4.79 Å². The highest BCUT2D eigenvalue weighted by atomic mass is 32.2. The number of hydrogen-bond donors (Lipinski definition) is 2. The molecule has 24 heavy (non-hydrogen) atoms. The standard InChI is InChI=1S/C14H22N2O6S2/c1-11(2)13(14(17)22-10-9-15-23(3,18)19)16-24(20,21)12-7-5-4-6-8-12/h4-8,11,13,15-16H,9-10H2,1-3H3/t13-/m1/s1. The van der Waals surface area contributed by atoms with E-state index in [1.807, 2.05) is 0 Å². The minimum Gasteiger partial charge on any atom is -0.463 e. The number of benzene rings is 1. The molecule has 0 saturated heterocycles. The van der Waals surface area contributed by atoms with Crippen molar-refractivity contribution in [3.8, 4) is 0 Å². The van der Waals surface area contributed by atoms with Gasteiger partial charge in [-0.25, -0.2) is 21.6 Å². The van der Waals surface area contributed by atoms with E-state index < -0.39 is 32.1 Å². The summed E-state index contributed by atoms with van der Waals surface area (Å²) in [6.07, 6.45) is 0.986. The monoisotopic (exact) mass is 378 g/mol. The molecule has 0 heterocycles. The van der Waals surface area contributed by atoms with Gasteiger partial charge in [0.2, 0.25) is 20.0 Å².